The van der Waals surface area contributed by atoms with E-state index in [0.29, 0.717) is 11.4 Å². The maximum atomic E-state index is 13.7. The zero-order valence-corrected chi connectivity index (χ0v) is 13.2. The van der Waals surface area contributed by atoms with Crippen molar-refractivity contribution in [2.45, 2.75) is 20.0 Å². The number of rotatable bonds is 7. The largest absolute Gasteiger partial charge is 0.491 e. The monoisotopic (exact) mass is 317 g/mol. The maximum absolute atomic E-state index is 13.7. The number of carbonyl (C=O) groups is 1. The second-order valence-corrected chi connectivity index (χ2v) is 5.38. The third kappa shape index (κ3) is 4.79. The van der Waals surface area contributed by atoms with E-state index >= 15 is 0 Å². The molecule has 0 aliphatic rings. The standard InChI is InChI=1S/C18H20FNO3/c1-12-5-3-6-15(9-12)23-11-14(22)10-20-17-8-4-7-16(19)18(17)13(2)21/h3-9,14,20,22H,10-11H2,1-2H3. The molecule has 0 aliphatic heterocycles. The van der Waals surface area contributed by atoms with Crippen molar-refractivity contribution in [1.29, 1.82) is 0 Å². The highest BCUT2D eigenvalue weighted by molar-refractivity contribution is 5.99. The Morgan fingerprint density at radius 2 is 2.04 bits per heavy atom. The molecular formula is C18H20FNO3. The van der Waals surface area contributed by atoms with Crippen LogP contribution in [0.2, 0.25) is 0 Å². The average molecular weight is 317 g/mol. The van der Waals surface area contributed by atoms with Gasteiger partial charge in [-0.3, -0.25) is 4.79 Å². The molecular weight excluding hydrogens is 297 g/mol. The third-order valence-corrected chi connectivity index (χ3v) is 3.33. The van der Waals surface area contributed by atoms with Crippen LogP contribution in [0.1, 0.15) is 22.8 Å². The molecule has 0 aromatic heterocycles. The Balaban J connectivity index is 1.91. The molecule has 2 N–H and O–H groups in total. The van der Waals surface area contributed by atoms with Gasteiger partial charge in [-0.2, -0.15) is 0 Å². The van der Waals surface area contributed by atoms with E-state index < -0.39 is 11.9 Å². The number of aliphatic hydroxyl groups excluding tert-OH is 1. The van der Waals surface area contributed by atoms with Gasteiger partial charge >= 0.3 is 0 Å². The summed E-state index contributed by atoms with van der Waals surface area (Å²) in [6.45, 7) is 3.51. The SMILES string of the molecule is CC(=O)c1c(F)cccc1NCC(O)COc1cccc(C)c1. The summed E-state index contributed by atoms with van der Waals surface area (Å²) in [7, 11) is 0. The van der Waals surface area contributed by atoms with Crippen LogP contribution in [0.5, 0.6) is 5.75 Å². The Labute approximate surface area is 134 Å². The topological polar surface area (TPSA) is 58.6 Å². The van der Waals surface area contributed by atoms with Gasteiger partial charge in [0.25, 0.3) is 0 Å². The van der Waals surface area contributed by atoms with Crippen molar-refractivity contribution in [3.63, 3.8) is 0 Å². The molecule has 0 amide bonds. The van der Waals surface area contributed by atoms with E-state index in [0.717, 1.165) is 5.56 Å². The fourth-order valence-electron chi connectivity index (χ4n) is 2.21. The van der Waals surface area contributed by atoms with E-state index in [1.807, 2.05) is 31.2 Å². The van der Waals surface area contributed by atoms with Crippen molar-refractivity contribution in [1.82, 2.24) is 0 Å². The minimum atomic E-state index is -0.793. The summed E-state index contributed by atoms with van der Waals surface area (Å²) >= 11 is 0. The maximum Gasteiger partial charge on any atom is 0.164 e. The van der Waals surface area contributed by atoms with Crippen molar-refractivity contribution in [3.05, 3.63) is 59.4 Å². The van der Waals surface area contributed by atoms with Crippen molar-refractivity contribution >= 4 is 11.5 Å². The van der Waals surface area contributed by atoms with Gasteiger partial charge in [0.2, 0.25) is 0 Å². The lowest BCUT2D eigenvalue weighted by atomic mass is 10.1. The third-order valence-electron chi connectivity index (χ3n) is 3.33. The fourth-order valence-corrected chi connectivity index (χ4v) is 2.21. The molecule has 2 aromatic carbocycles. The van der Waals surface area contributed by atoms with E-state index in [9.17, 15) is 14.3 Å². The van der Waals surface area contributed by atoms with Crippen LogP contribution < -0.4 is 10.1 Å². The lowest BCUT2D eigenvalue weighted by Crippen LogP contribution is -2.27. The van der Waals surface area contributed by atoms with E-state index in [1.165, 1.54) is 19.1 Å². The minimum absolute atomic E-state index is 0.000646. The molecule has 4 nitrogen and oxygen atoms in total. The van der Waals surface area contributed by atoms with Crippen LogP contribution in [0.25, 0.3) is 0 Å². The first-order valence-corrected chi connectivity index (χ1v) is 7.38. The number of aliphatic hydroxyl groups is 1. The zero-order valence-electron chi connectivity index (χ0n) is 13.2. The summed E-state index contributed by atoms with van der Waals surface area (Å²) in [6, 6.07) is 11.9. The second kappa shape index (κ2) is 7.74. The van der Waals surface area contributed by atoms with Crippen molar-refractivity contribution < 1.29 is 19.0 Å². The zero-order chi connectivity index (χ0) is 16.8. The quantitative estimate of drug-likeness (QED) is 0.770. The first-order chi connectivity index (χ1) is 11.0. The molecule has 5 heteroatoms. The van der Waals surface area contributed by atoms with Crippen LogP contribution in [-0.2, 0) is 0 Å². The number of benzene rings is 2. The number of Topliss-reactive ketones (excluding diaryl/α,β-unsaturated/α-hetero) is 1. The van der Waals surface area contributed by atoms with Gasteiger partial charge in [0.15, 0.2) is 5.78 Å². The van der Waals surface area contributed by atoms with E-state index in [1.54, 1.807) is 6.07 Å². The molecule has 1 atom stereocenters. The Hall–Kier alpha value is -2.40. The van der Waals surface area contributed by atoms with Crippen LogP contribution in [0.3, 0.4) is 0 Å². The van der Waals surface area contributed by atoms with Gasteiger partial charge in [-0.15, -0.1) is 0 Å². The predicted molar refractivity (Wildman–Crippen MR) is 87.6 cm³/mol. The molecule has 0 bridgehead atoms. The van der Waals surface area contributed by atoms with Crippen molar-refractivity contribution in [2.24, 2.45) is 0 Å². The Morgan fingerprint density at radius 1 is 1.30 bits per heavy atom. The Kier molecular flexibility index (Phi) is 5.71. The second-order valence-electron chi connectivity index (χ2n) is 5.38. The molecule has 2 aromatic rings. The van der Waals surface area contributed by atoms with Gasteiger partial charge in [0.05, 0.1) is 5.56 Å². The van der Waals surface area contributed by atoms with Crippen LogP contribution in [0, 0.1) is 12.7 Å². The molecule has 2 rings (SSSR count). The van der Waals surface area contributed by atoms with E-state index in [4.69, 9.17) is 4.74 Å². The summed E-state index contributed by atoms with van der Waals surface area (Å²) < 4.78 is 19.2. The molecule has 0 heterocycles. The number of aryl methyl sites for hydroxylation is 1. The highest BCUT2D eigenvalue weighted by Crippen LogP contribution is 2.19. The van der Waals surface area contributed by atoms with E-state index in [-0.39, 0.29) is 24.5 Å². The summed E-state index contributed by atoms with van der Waals surface area (Å²) in [6.07, 6.45) is -0.793. The molecule has 0 spiro atoms. The van der Waals surface area contributed by atoms with Crippen LogP contribution >= 0.6 is 0 Å². The van der Waals surface area contributed by atoms with Gasteiger partial charge in [-0.25, -0.2) is 4.39 Å². The van der Waals surface area contributed by atoms with Crippen LogP contribution in [0.4, 0.5) is 10.1 Å². The number of ether oxygens (including phenoxy) is 1. The molecule has 0 aliphatic carbocycles. The van der Waals surface area contributed by atoms with Crippen LogP contribution in [-0.4, -0.2) is 30.1 Å². The molecule has 0 fully saturated rings. The van der Waals surface area contributed by atoms with Crippen LogP contribution in [0.15, 0.2) is 42.5 Å². The Morgan fingerprint density at radius 3 is 2.74 bits per heavy atom. The Bertz CT molecular complexity index is 688. The average Bonchev–Trinajstić information content (AvgIpc) is 2.50. The highest BCUT2D eigenvalue weighted by Gasteiger charge is 2.14. The van der Waals surface area contributed by atoms with Gasteiger partial charge in [-0.05, 0) is 43.7 Å². The molecule has 0 radical (unpaired) electrons. The van der Waals surface area contributed by atoms with Gasteiger partial charge < -0.3 is 15.2 Å². The minimum Gasteiger partial charge on any atom is -0.491 e. The number of ketones is 1. The summed E-state index contributed by atoms with van der Waals surface area (Å²) in [5, 5.41) is 12.9. The molecule has 1 unspecified atom stereocenters. The first kappa shape index (κ1) is 17.0. The highest BCUT2D eigenvalue weighted by atomic mass is 19.1. The first-order valence-electron chi connectivity index (χ1n) is 7.38. The molecule has 0 saturated heterocycles. The lowest BCUT2D eigenvalue weighted by Gasteiger charge is -2.16. The molecule has 0 saturated carbocycles. The van der Waals surface area contributed by atoms with Gasteiger partial charge in [-0.1, -0.05) is 18.2 Å². The van der Waals surface area contributed by atoms with Crippen molar-refractivity contribution in [3.8, 4) is 5.75 Å². The number of halogens is 1. The van der Waals surface area contributed by atoms with Crippen molar-refractivity contribution in [2.75, 3.05) is 18.5 Å². The summed E-state index contributed by atoms with van der Waals surface area (Å²) in [4.78, 5) is 11.5. The predicted octanol–water partition coefficient (Wildman–Crippen LogP) is 3.19. The molecule has 122 valence electrons. The summed E-state index contributed by atoms with van der Waals surface area (Å²) in [5.41, 5.74) is 1.44. The normalized spacial score (nSPS) is 11.8. The van der Waals surface area contributed by atoms with Gasteiger partial charge in [0, 0.05) is 12.2 Å². The molecule has 23 heavy (non-hydrogen) atoms. The van der Waals surface area contributed by atoms with E-state index in [2.05, 4.69) is 5.32 Å². The van der Waals surface area contributed by atoms with Gasteiger partial charge in [0.1, 0.15) is 24.3 Å². The number of carbonyl (C=O) groups excluding carboxylic acids is 1. The number of hydrogen-bond acceptors (Lipinski definition) is 4. The lowest BCUT2D eigenvalue weighted by molar-refractivity contribution is 0.101. The smallest absolute Gasteiger partial charge is 0.164 e. The fraction of sp³-hybridized carbons (Fsp3) is 0.278. The number of anilines is 1. The number of nitrogens with one attached hydrogen (secondary N) is 1. The summed E-state index contributed by atoms with van der Waals surface area (Å²) in [5.74, 6) is -0.261. The number of hydrogen-bond donors (Lipinski definition) is 2.